The normalized spacial score (nSPS) is 10.4. The van der Waals surface area contributed by atoms with E-state index in [2.05, 4.69) is 47.2 Å². The van der Waals surface area contributed by atoms with Crippen molar-refractivity contribution in [2.75, 3.05) is 0 Å². The maximum atomic E-state index is 4.52. The number of H-pyrrole nitrogens is 1. The first-order valence-corrected chi connectivity index (χ1v) is 6.10. The molecule has 2 aromatic carbocycles. The van der Waals surface area contributed by atoms with Crippen LogP contribution in [0, 0.1) is 13.8 Å². The molecule has 0 bridgehead atoms. The Kier molecular flexibility index (Phi) is 3.14. The van der Waals surface area contributed by atoms with Crippen LogP contribution in [0.25, 0.3) is 21.8 Å². The molecule has 88 valence electrons. The lowest BCUT2D eigenvalue weighted by Crippen LogP contribution is -1.77. The number of aromatic amines is 1. The Labute approximate surface area is 102 Å². The highest BCUT2D eigenvalue weighted by atomic mass is 14.9. The van der Waals surface area contributed by atoms with E-state index in [0.29, 0.717) is 0 Å². The Hall–Kier alpha value is -1.83. The number of hydrogen-bond acceptors (Lipinski definition) is 1. The fraction of sp³-hybridized carbons (Fsp3) is 0.267. The summed E-state index contributed by atoms with van der Waals surface area (Å²) in [5.74, 6) is 0.970. The first kappa shape index (κ1) is 11.6. The van der Waals surface area contributed by atoms with Crippen molar-refractivity contribution < 1.29 is 0 Å². The topological polar surface area (TPSA) is 28.7 Å². The molecule has 1 aromatic heterocycles. The number of aryl methyl sites for hydroxylation is 2. The fourth-order valence-electron chi connectivity index (χ4n) is 2.04. The summed E-state index contributed by atoms with van der Waals surface area (Å²) in [6, 6.07) is 10.7. The lowest BCUT2D eigenvalue weighted by Gasteiger charge is -1.99. The molecule has 1 heterocycles. The molecule has 3 rings (SSSR count). The van der Waals surface area contributed by atoms with Gasteiger partial charge < -0.3 is 4.98 Å². The van der Waals surface area contributed by atoms with Crippen LogP contribution in [0.2, 0.25) is 0 Å². The third-order valence-corrected chi connectivity index (χ3v) is 2.74. The molecule has 0 aliphatic heterocycles. The highest BCUT2D eigenvalue weighted by Gasteiger charge is 2.03. The van der Waals surface area contributed by atoms with Crippen molar-refractivity contribution in [3.05, 3.63) is 41.7 Å². The first-order valence-electron chi connectivity index (χ1n) is 6.10. The molecule has 0 fully saturated rings. The maximum absolute atomic E-state index is 4.52. The lowest BCUT2D eigenvalue weighted by atomic mass is 10.1. The van der Waals surface area contributed by atoms with Gasteiger partial charge >= 0.3 is 0 Å². The van der Waals surface area contributed by atoms with Gasteiger partial charge in [-0.25, -0.2) is 4.98 Å². The van der Waals surface area contributed by atoms with Gasteiger partial charge in [-0.2, -0.15) is 0 Å². The van der Waals surface area contributed by atoms with Crippen molar-refractivity contribution in [2.45, 2.75) is 27.7 Å². The Bertz CT molecular complexity index is 650. The van der Waals surface area contributed by atoms with Crippen LogP contribution in [-0.4, -0.2) is 9.97 Å². The fourth-order valence-corrected chi connectivity index (χ4v) is 2.04. The molecule has 3 aromatic rings. The van der Waals surface area contributed by atoms with Crippen molar-refractivity contribution in [3.8, 4) is 0 Å². The molecule has 17 heavy (non-hydrogen) atoms. The molecule has 0 aliphatic rings. The van der Waals surface area contributed by atoms with Gasteiger partial charge in [0.2, 0.25) is 0 Å². The number of nitrogens with one attached hydrogen (secondary N) is 1. The Morgan fingerprint density at radius 3 is 2.53 bits per heavy atom. The van der Waals surface area contributed by atoms with E-state index in [4.69, 9.17) is 0 Å². The number of benzene rings is 2. The van der Waals surface area contributed by atoms with E-state index in [0.717, 1.165) is 16.9 Å². The van der Waals surface area contributed by atoms with Crippen molar-refractivity contribution >= 4 is 21.8 Å². The molecular formula is C15H18N2. The minimum Gasteiger partial charge on any atom is -0.342 e. The van der Waals surface area contributed by atoms with Gasteiger partial charge in [0.1, 0.15) is 5.82 Å². The Balaban J connectivity index is 0.000000514. The van der Waals surface area contributed by atoms with E-state index in [1.54, 1.807) is 0 Å². The monoisotopic (exact) mass is 226 g/mol. The summed E-state index contributed by atoms with van der Waals surface area (Å²) in [6.07, 6.45) is 0. The smallest absolute Gasteiger partial charge is 0.104 e. The van der Waals surface area contributed by atoms with Crippen LogP contribution in [-0.2, 0) is 0 Å². The molecular weight excluding hydrogens is 208 g/mol. The molecule has 0 unspecified atom stereocenters. The van der Waals surface area contributed by atoms with Crippen molar-refractivity contribution in [1.82, 2.24) is 9.97 Å². The molecule has 1 N–H and O–H groups in total. The van der Waals surface area contributed by atoms with E-state index in [-0.39, 0.29) is 0 Å². The predicted octanol–water partition coefficient (Wildman–Crippen LogP) is 4.36. The molecule has 0 saturated heterocycles. The number of nitrogens with zero attached hydrogens (tertiary/aromatic N) is 1. The third kappa shape index (κ3) is 2.03. The second kappa shape index (κ2) is 4.58. The number of hydrogen-bond donors (Lipinski definition) is 1. The molecule has 0 spiro atoms. The summed E-state index contributed by atoms with van der Waals surface area (Å²) in [5.41, 5.74) is 3.47. The summed E-state index contributed by atoms with van der Waals surface area (Å²) in [5, 5.41) is 2.48. The van der Waals surface area contributed by atoms with Crippen LogP contribution >= 0.6 is 0 Å². The largest absolute Gasteiger partial charge is 0.342 e. The SMILES string of the molecule is CC.Cc1ccc2c(ccc3[nH]c(C)nc32)c1. The Morgan fingerprint density at radius 1 is 1.00 bits per heavy atom. The van der Waals surface area contributed by atoms with E-state index in [1.807, 2.05) is 20.8 Å². The van der Waals surface area contributed by atoms with Crippen molar-refractivity contribution in [2.24, 2.45) is 0 Å². The first-order chi connectivity index (χ1) is 8.24. The van der Waals surface area contributed by atoms with Crippen molar-refractivity contribution in [1.29, 1.82) is 0 Å². The summed E-state index contributed by atoms with van der Waals surface area (Å²) < 4.78 is 0. The van der Waals surface area contributed by atoms with Gasteiger partial charge in [0.15, 0.2) is 0 Å². The molecule has 0 atom stereocenters. The second-order valence-corrected chi connectivity index (χ2v) is 4.01. The lowest BCUT2D eigenvalue weighted by molar-refractivity contribution is 1.17. The minimum absolute atomic E-state index is 0.970. The molecule has 2 nitrogen and oxygen atoms in total. The predicted molar refractivity (Wildman–Crippen MR) is 74.4 cm³/mol. The standard InChI is InChI=1S/C13H12N2.C2H6/c1-8-3-5-11-10(7-8)4-6-12-13(11)15-9(2)14-12;1-2/h3-7H,1-2H3,(H,14,15);1-2H3. The van der Waals surface area contributed by atoms with Gasteiger partial charge in [-0.05, 0) is 25.3 Å². The molecule has 0 saturated carbocycles. The van der Waals surface area contributed by atoms with E-state index in [1.165, 1.54) is 16.3 Å². The summed E-state index contributed by atoms with van der Waals surface area (Å²) in [6.45, 7) is 8.10. The van der Waals surface area contributed by atoms with Crippen LogP contribution in [0.3, 0.4) is 0 Å². The van der Waals surface area contributed by atoms with Crippen LogP contribution in [0.1, 0.15) is 25.2 Å². The van der Waals surface area contributed by atoms with Gasteiger partial charge in [-0.3, -0.25) is 0 Å². The van der Waals surface area contributed by atoms with Gasteiger partial charge in [-0.15, -0.1) is 0 Å². The number of aromatic nitrogens is 2. The highest BCUT2D eigenvalue weighted by molar-refractivity contribution is 6.04. The number of rotatable bonds is 0. The molecule has 2 heteroatoms. The van der Waals surface area contributed by atoms with Crippen LogP contribution in [0.4, 0.5) is 0 Å². The zero-order chi connectivity index (χ0) is 12.4. The molecule has 0 amide bonds. The third-order valence-electron chi connectivity index (χ3n) is 2.74. The zero-order valence-electron chi connectivity index (χ0n) is 10.8. The Morgan fingerprint density at radius 2 is 1.76 bits per heavy atom. The van der Waals surface area contributed by atoms with E-state index < -0.39 is 0 Å². The summed E-state index contributed by atoms with van der Waals surface area (Å²) in [7, 11) is 0. The quantitative estimate of drug-likeness (QED) is 0.606. The minimum atomic E-state index is 0.970. The summed E-state index contributed by atoms with van der Waals surface area (Å²) in [4.78, 5) is 7.77. The second-order valence-electron chi connectivity index (χ2n) is 4.01. The average Bonchev–Trinajstić information content (AvgIpc) is 2.72. The zero-order valence-corrected chi connectivity index (χ0v) is 10.8. The average molecular weight is 226 g/mol. The van der Waals surface area contributed by atoms with Gasteiger partial charge in [-0.1, -0.05) is 43.7 Å². The summed E-state index contributed by atoms with van der Waals surface area (Å²) >= 11 is 0. The number of fused-ring (bicyclic) bond motifs is 3. The van der Waals surface area contributed by atoms with E-state index in [9.17, 15) is 0 Å². The van der Waals surface area contributed by atoms with Crippen LogP contribution < -0.4 is 0 Å². The molecule has 0 radical (unpaired) electrons. The van der Waals surface area contributed by atoms with Crippen LogP contribution in [0.15, 0.2) is 30.3 Å². The molecule has 0 aliphatic carbocycles. The van der Waals surface area contributed by atoms with Crippen LogP contribution in [0.5, 0.6) is 0 Å². The van der Waals surface area contributed by atoms with Gasteiger partial charge in [0.25, 0.3) is 0 Å². The maximum Gasteiger partial charge on any atom is 0.104 e. The highest BCUT2D eigenvalue weighted by Crippen LogP contribution is 2.24. The van der Waals surface area contributed by atoms with E-state index >= 15 is 0 Å². The van der Waals surface area contributed by atoms with Gasteiger partial charge in [0.05, 0.1) is 11.0 Å². The van der Waals surface area contributed by atoms with Crippen molar-refractivity contribution in [3.63, 3.8) is 0 Å². The number of imidazole rings is 1. The van der Waals surface area contributed by atoms with Gasteiger partial charge in [0, 0.05) is 5.39 Å².